The van der Waals surface area contributed by atoms with Gasteiger partial charge in [0, 0.05) is 12.5 Å². The molecule has 0 unspecified atom stereocenters. The highest BCUT2D eigenvalue weighted by atomic mass is 19.3. The molecule has 16 heavy (non-hydrogen) atoms. The van der Waals surface area contributed by atoms with Gasteiger partial charge in [-0.15, -0.1) is 0 Å². The lowest BCUT2D eigenvalue weighted by Crippen LogP contribution is -2.30. The molecule has 5 heteroatoms. The lowest BCUT2D eigenvalue weighted by Gasteiger charge is -2.25. The zero-order valence-electron chi connectivity index (χ0n) is 9.42. The lowest BCUT2D eigenvalue weighted by molar-refractivity contribution is -0.122. The molecule has 0 aromatic carbocycles. The largest absolute Gasteiger partial charge is 0.350 e. The summed E-state index contributed by atoms with van der Waals surface area (Å²) in [7, 11) is 0. The summed E-state index contributed by atoms with van der Waals surface area (Å²) in [6.45, 7) is -0.533. The van der Waals surface area contributed by atoms with E-state index in [4.69, 9.17) is 5.73 Å². The highest BCUT2D eigenvalue weighted by Crippen LogP contribution is 2.26. The zero-order valence-corrected chi connectivity index (χ0v) is 9.42. The Labute approximate surface area is 94.8 Å². The Balaban J connectivity index is 2.07. The minimum atomic E-state index is -2.46. The Morgan fingerprint density at radius 2 is 1.94 bits per heavy atom. The van der Waals surface area contributed by atoms with Gasteiger partial charge in [-0.2, -0.15) is 0 Å². The van der Waals surface area contributed by atoms with Crippen molar-refractivity contribution in [3.05, 3.63) is 0 Å². The van der Waals surface area contributed by atoms with Crippen LogP contribution in [0.4, 0.5) is 8.78 Å². The molecule has 0 saturated heterocycles. The predicted molar refractivity (Wildman–Crippen MR) is 58.2 cm³/mol. The number of amides is 1. The van der Waals surface area contributed by atoms with Crippen molar-refractivity contribution in [1.82, 2.24) is 5.32 Å². The smallest absolute Gasteiger partial charge is 0.255 e. The molecular formula is C11H20F2N2O. The first-order chi connectivity index (χ1) is 7.58. The Kier molecular flexibility index (Phi) is 5.66. The van der Waals surface area contributed by atoms with Crippen LogP contribution in [0.25, 0.3) is 0 Å². The second-order valence-corrected chi connectivity index (χ2v) is 4.51. The van der Waals surface area contributed by atoms with Crippen LogP contribution in [0.15, 0.2) is 0 Å². The fourth-order valence-corrected chi connectivity index (χ4v) is 2.09. The van der Waals surface area contributed by atoms with Crippen LogP contribution in [-0.2, 0) is 4.79 Å². The minimum Gasteiger partial charge on any atom is -0.350 e. The molecule has 94 valence electrons. The normalized spacial score (nSPS) is 25.8. The fraction of sp³-hybridized carbons (Fsp3) is 0.909. The van der Waals surface area contributed by atoms with E-state index in [1.807, 2.05) is 0 Å². The number of carbonyl (C=O) groups is 1. The highest BCUT2D eigenvalue weighted by molar-refractivity contribution is 5.75. The number of carbonyl (C=O) groups excluding carboxylic acids is 1. The van der Waals surface area contributed by atoms with Crippen LogP contribution in [0.1, 0.15) is 38.5 Å². The first-order valence-electron chi connectivity index (χ1n) is 5.88. The van der Waals surface area contributed by atoms with E-state index in [0.29, 0.717) is 18.4 Å². The standard InChI is InChI=1S/C11H20F2N2O/c12-10(13)7-15-11(16)6-3-8-1-4-9(14)5-2-8/h8-10H,1-7,14H2,(H,15,16). The monoisotopic (exact) mass is 234 g/mol. The van der Waals surface area contributed by atoms with Crippen molar-refractivity contribution in [2.45, 2.75) is 51.0 Å². The molecule has 1 aliphatic rings. The van der Waals surface area contributed by atoms with Gasteiger partial charge in [0.2, 0.25) is 5.91 Å². The Hall–Kier alpha value is -0.710. The molecule has 1 saturated carbocycles. The van der Waals surface area contributed by atoms with Gasteiger partial charge in [0.05, 0.1) is 6.54 Å². The van der Waals surface area contributed by atoms with E-state index >= 15 is 0 Å². The van der Waals surface area contributed by atoms with Crippen molar-refractivity contribution < 1.29 is 13.6 Å². The van der Waals surface area contributed by atoms with Crippen LogP contribution >= 0.6 is 0 Å². The average Bonchev–Trinajstić information content (AvgIpc) is 2.25. The van der Waals surface area contributed by atoms with Gasteiger partial charge in [-0.3, -0.25) is 4.79 Å². The van der Waals surface area contributed by atoms with Crippen molar-refractivity contribution in [2.75, 3.05) is 6.54 Å². The van der Waals surface area contributed by atoms with Gasteiger partial charge < -0.3 is 11.1 Å². The summed E-state index contributed by atoms with van der Waals surface area (Å²) in [4.78, 5) is 11.2. The number of rotatable bonds is 5. The van der Waals surface area contributed by atoms with Gasteiger partial charge >= 0.3 is 0 Å². The second-order valence-electron chi connectivity index (χ2n) is 4.51. The third-order valence-electron chi connectivity index (χ3n) is 3.12. The number of nitrogens with two attached hydrogens (primary N) is 1. The summed E-state index contributed by atoms with van der Waals surface area (Å²) in [6.07, 6.45) is 2.84. The molecule has 0 aromatic heterocycles. The molecule has 0 aromatic rings. The van der Waals surface area contributed by atoms with E-state index in [-0.39, 0.29) is 5.91 Å². The van der Waals surface area contributed by atoms with Crippen molar-refractivity contribution in [2.24, 2.45) is 11.7 Å². The van der Waals surface area contributed by atoms with Crippen LogP contribution in [0.2, 0.25) is 0 Å². The van der Waals surface area contributed by atoms with Crippen molar-refractivity contribution in [3.8, 4) is 0 Å². The van der Waals surface area contributed by atoms with E-state index in [0.717, 1.165) is 32.1 Å². The summed E-state index contributed by atoms with van der Waals surface area (Å²) >= 11 is 0. The summed E-state index contributed by atoms with van der Waals surface area (Å²) in [5, 5.41) is 2.22. The van der Waals surface area contributed by atoms with E-state index in [1.165, 1.54) is 0 Å². The summed E-state index contributed by atoms with van der Waals surface area (Å²) in [5.74, 6) is 0.271. The zero-order chi connectivity index (χ0) is 12.0. The summed E-state index contributed by atoms with van der Waals surface area (Å²) in [6, 6.07) is 0.309. The molecule has 1 amide bonds. The molecule has 0 bridgehead atoms. The lowest BCUT2D eigenvalue weighted by atomic mass is 9.84. The quantitative estimate of drug-likeness (QED) is 0.760. The number of hydrogen-bond acceptors (Lipinski definition) is 2. The first-order valence-corrected chi connectivity index (χ1v) is 5.88. The van der Waals surface area contributed by atoms with Gasteiger partial charge in [-0.1, -0.05) is 0 Å². The van der Waals surface area contributed by atoms with Crippen LogP contribution in [0.3, 0.4) is 0 Å². The third kappa shape index (κ3) is 5.39. The van der Waals surface area contributed by atoms with Crippen LogP contribution in [0, 0.1) is 5.92 Å². The Morgan fingerprint density at radius 3 is 2.50 bits per heavy atom. The fourth-order valence-electron chi connectivity index (χ4n) is 2.09. The third-order valence-corrected chi connectivity index (χ3v) is 3.12. The van der Waals surface area contributed by atoms with Gasteiger partial charge in [0.25, 0.3) is 6.43 Å². The number of halogens is 2. The first kappa shape index (κ1) is 13.4. The molecule has 0 aliphatic heterocycles. The molecule has 1 aliphatic carbocycles. The SMILES string of the molecule is NC1CCC(CCC(=O)NCC(F)F)CC1. The molecule has 0 radical (unpaired) electrons. The van der Waals surface area contributed by atoms with Crippen molar-refractivity contribution in [3.63, 3.8) is 0 Å². The molecule has 3 nitrogen and oxygen atoms in total. The van der Waals surface area contributed by atoms with Crippen molar-refractivity contribution in [1.29, 1.82) is 0 Å². The topological polar surface area (TPSA) is 55.1 Å². The molecule has 0 heterocycles. The molecule has 1 fully saturated rings. The average molecular weight is 234 g/mol. The van der Waals surface area contributed by atoms with Crippen molar-refractivity contribution >= 4 is 5.91 Å². The second kappa shape index (κ2) is 6.78. The van der Waals surface area contributed by atoms with Gasteiger partial charge in [0.1, 0.15) is 0 Å². The maximum atomic E-state index is 11.8. The number of alkyl halides is 2. The summed E-state index contributed by atoms with van der Waals surface area (Å²) < 4.78 is 23.6. The maximum Gasteiger partial charge on any atom is 0.255 e. The van der Waals surface area contributed by atoms with Gasteiger partial charge in [-0.05, 0) is 38.0 Å². The molecule has 1 rings (SSSR count). The number of nitrogens with one attached hydrogen (secondary N) is 1. The van der Waals surface area contributed by atoms with Crippen LogP contribution in [-0.4, -0.2) is 24.9 Å². The predicted octanol–water partition coefficient (Wildman–Crippen LogP) is 1.67. The molecule has 0 atom stereocenters. The minimum absolute atomic E-state index is 0.268. The molecular weight excluding hydrogens is 214 g/mol. The van der Waals surface area contributed by atoms with E-state index in [9.17, 15) is 13.6 Å². The molecule has 3 N–H and O–H groups in total. The van der Waals surface area contributed by atoms with E-state index < -0.39 is 13.0 Å². The highest BCUT2D eigenvalue weighted by Gasteiger charge is 2.19. The van der Waals surface area contributed by atoms with E-state index in [1.54, 1.807) is 0 Å². The maximum absolute atomic E-state index is 11.8. The molecule has 0 spiro atoms. The Morgan fingerprint density at radius 1 is 1.31 bits per heavy atom. The Bertz CT molecular complexity index is 216. The van der Waals surface area contributed by atoms with Crippen LogP contribution in [0.5, 0.6) is 0 Å². The van der Waals surface area contributed by atoms with Gasteiger partial charge in [0.15, 0.2) is 0 Å². The van der Waals surface area contributed by atoms with Crippen LogP contribution < -0.4 is 11.1 Å². The van der Waals surface area contributed by atoms with E-state index in [2.05, 4.69) is 5.32 Å². The number of hydrogen-bond donors (Lipinski definition) is 2. The summed E-state index contributed by atoms with van der Waals surface area (Å²) in [5.41, 5.74) is 5.77. The van der Waals surface area contributed by atoms with Gasteiger partial charge in [-0.25, -0.2) is 8.78 Å².